The largest absolute Gasteiger partial charge is 0.338 e. The molecule has 6 heteroatoms. The van der Waals surface area contributed by atoms with Gasteiger partial charge in [0.05, 0.1) is 0 Å². The van der Waals surface area contributed by atoms with E-state index in [4.69, 9.17) is 0 Å². The Labute approximate surface area is 152 Å². The molecule has 2 rings (SSSR count). The fourth-order valence-corrected chi connectivity index (χ4v) is 3.39. The topological polar surface area (TPSA) is 70.2 Å². The highest BCUT2D eigenvalue weighted by Crippen LogP contribution is 2.20. The third-order valence-electron chi connectivity index (χ3n) is 4.27. The molecule has 5 nitrogen and oxygen atoms in total. The first-order valence-electron chi connectivity index (χ1n) is 8.65. The fraction of sp³-hybridized carbons (Fsp3) is 0.556. The lowest BCUT2D eigenvalue weighted by Gasteiger charge is -2.22. The Balaban J connectivity index is 1.61. The molecule has 132 valence electrons. The Bertz CT molecular complexity index is 571. The van der Waals surface area contributed by atoms with Gasteiger partial charge in [-0.3, -0.25) is 4.79 Å². The van der Waals surface area contributed by atoms with Gasteiger partial charge in [-0.05, 0) is 49.9 Å². The second kappa shape index (κ2) is 9.67. The highest BCUT2D eigenvalue weighted by atomic mass is 79.9. The molecule has 24 heavy (non-hydrogen) atoms. The van der Waals surface area contributed by atoms with Gasteiger partial charge in [0.1, 0.15) is 0 Å². The minimum atomic E-state index is -0.119. The lowest BCUT2D eigenvalue weighted by atomic mass is 9.96. The Kier molecular flexibility index (Phi) is 7.56. The molecule has 0 atom stereocenters. The number of rotatable bonds is 6. The number of hydrogen-bond acceptors (Lipinski definition) is 2. The molecule has 1 aliphatic rings. The van der Waals surface area contributed by atoms with Gasteiger partial charge in [0.2, 0.25) is 5.91 Å². The zero-order valence-electron chi connectivity index (χ0n) is 14.2. The average Bonchev–Trinajstić information content (AvgIpc) is 2.55. The smallest absolute Gasteiger partial charge is 0.315 e. The molecule has 1 aromatic rings. The van der Waals surface area contributed by atoms with Crippen LogP contribution in [0.4, 0.5) is 10.5 Å². The summed E-state index contributed by atoms with van der Waals surface area (Å²) in [7, 11) is 0. The molecule has 3 N–H and O–H groups in total. The van der Waals surface area contributed by atoms with Crippen molar-refractivity contribution in [2.45, 2.75) is 57.9 Å². The number of nitrogens with one attached hydrogen (secondary N) is 3. The van der Waals surface area contributed by atoms with Crippen molar-refractivity contribution in [3.05, 3.63) is 28.2 Å². The van der Waals surface area contributed by atoms with Crippen molar-refractivity contribution in [3.8, 4) is 0 Å². The van der Waals surface area contributed by atoms with Gasteiger partial charge in [-0.15, -0.1) is 0 Å². The number of halogens is 1. The molecular formula is C18H26BrN3O2. The third kappa shape index (κ3) is 6.51. The summed E-state index contributed by atoms with van der Waals surface area (Å²) in [5.41, 5.74) is 1.84. The molecule has 1 aromatic carbocycles. The molecule has 0 saturated heterocycles. The molecule has 0 heterocycles. The van der Waals surface area contributed by atoms with Crippen LogP contribution in [0, 0.1) is 6.92 Å². The minimum absolute atomic E-state index is 0.0325. The van der Waals surface area contributed by atoms with Gasteiger partial charge in [-0.2, -0.15) is 0 Å². The quantitative estimate of drug-likeness (QED) is 0.634. The average molecular weight is 396 g/mol. The highest BCUT2D eigenvalue weighted by molar-refractivity contribution is 9.10. The standard InChI is InChI=1S/C18H26BrN3O2/c1-13-12-14(19)9-10-16(13)22-17(23)8-5-11-20-18(24)21-15-6-3-2-4-7-15/h9-10,12,15H,2-8,11H2,1H3,(H,22,23)(H2,20,21,24). The number of amides is 3. The van der Waals surface area contributed by atoms with Gasteiger partial charge in [0, 0.05) is 29.2 Å². The van der Waals surface area contributed by atoms with E-state index in [1.54, 1.807) is 0 Å². The summed E-state index contributed by atoms with van der Waals surface area (Å²) < 4.78 is 0.992. The SMILES string of the molecule is Cc1cc(Br)ccc1NC(=O)CCCNC(=O)NC1CCCCC1. The monoisotopic (exact) mass is 395 g/mol. The molecular weight excluding hydrogens is 370 g/mol. The van der Waals surface area contributed by atoms with Crippen LogP contribution in [0.3, 0.4) is 0 Å². The zero-order valence-corrected chi connectivity index (χ0v) is 15.7. The predicted molar refractivity (Wildman–Crippen MR) is 100 cm³/mol. The maximum Gasteiger partial charge on any atom is 0.315 e. The zero-order chi connectivity index (χ0) is 17.4. The van der Waals surface area contributed by atoms with Crippen LogP contribution in [0.2, 0.25) is 0 Å². The second-order valence-corrected chi connectivity index (χ2v) is 7.26. The van der Waals surface area contributed by atoms with Gasteiger partial charge in [-0.25, -0.2) is 4.79 Å². The van der Waals surface area contributed by atoms with Crippen LogP contribution in [-0.2, 0) is 4.79 Å². The summed E-state index contributed by atoms with van der Waals surface area (Å²) >= 11 is 3.40. The van der Waals surface area contributed by atoms with Crippen LogP contribution in [-0.4, -0.2) is 24.5 Å². The molecule has 3 amide bonds. The Hall–Kier alpha value is -1.56. The van der Waals surface area contributed by atoms with Gasteiger partial charge >= 0.3 is 6.03 Å². The van der Waals surface area contributed by atoms with Crippen LogP contribution < -0.4 is 16.0 Å². The first-order valence-corrected chi connectivity index (χ1v) is 9.44. The normalized spacial score (nSPS) is 14.9. The van der Waals surface area contributed by atoms with E-state index in [1.807, 2.05) is 25.1 Å². The molecule has 0 aromatic heterocycles. The molecule has 0 unspecified atom stereocenters. The molecule has 0 spiro atoms. The molecule has 1 saturated carbocycles. The summed E-state index contributed by atoms with van der Waals surface area (Å²) in [4.78, 5) is 23.8. The van der Waals surface area contributed by atoms with Crippen molar-refractivity contribution in [1.29, 1.82) is 0 Å². The second-order valence-electron chi connectivity index (χ2n) is 6.35. The third-order valence-corrected chi connectivity index (χ3v) is 4.76. The first-order chi connectivity index (χ1) is 11.5. The van der Waals surface area contributed by atoms with Crippen molar-refractivity contribution in [2.75, 3.05) is 11.9 Å². The number of aryl methyl sites for hydroxylation is 1. The summed E-state index contributed by atoms with van der Waals surface area (Å²) in [6.07, 6.45) is 6.82. The summed E-state index contributed by atoms with van der Waals surface area (Å²) in [6, 6.07) is 5.94. The lowest BCUT2D eigenvalue weighted by Crippen LogP contribution is -2.43. The molecule has 0 radical (unpaired) electrons. The fourth-order valence-electron chi connectivity index (χ4n) is 2.91. The molecule has 1 aliphatic carbocycles. The van der Waals surface area contributed by atoms with Gasteiger partial charge in [-0.1, -0.05) is 35.2 Å². The maximum atomic E-state index is 12.0. The summed E-state index contributed by atoms with van der Waals surface area (Å²) in [5, 5.41) is 8.74. The molecule has 1 fully saturated rings. The van der Waals surface area contributed by atoms with Crippen molar-refractivity contribution < 1.29 is 9.59 Å². The Morgan fingerprint density at radius 2 is 1.96 bits per heavy atom. The number of carbonyl (C=O) groups excluding carboxylic acids is 2. The van der Waals surface area contributed by atoms with E-state index in [0.29, 0.717) is 25.4 Å². The van der Waals surface area contributed by atoms with Crippen molar-refractivity contribution in [2.24, 2.45) is 0 Å². The van der Waals surface area contributed by atoms with E-state index in [2.05, 4.69) is 31.9 Å². The number of hydrogen-bond donors (Lipinski definition) is 3. The van der Waals surface area contributed by atoms with Crippen molar-refractivity contribution in [3.63, 3.8) is 0 Å². The van der Waals surface area contributed by atoms with E-state index in [0.717, 1.165) is 28.6 Å². The summed E-state index contributed by atoms with van der Waals surface area (Å²) in [6.45, 7) is 2.46. The van der Waals surface area contributed by atoms with Crippen LogP contribution in [0.1, 0.15) is 50.5 Å². The highest BCUT2D eigenvalue weighted by Gasteiger charge is 2.15. The van der Waals surface area contributed by atoms with Crippen LogP contribution in [0.15, 0.2) is 22.7 Å². The van der Waals surface area contributed by atoms with Crippen molar-refractivity contribution in [1.82, 2.24) is 10.6 Å². The van der Waals surface area contributed by atoms with Gasteiger partial charge < -0.3 is 16.0 Å². The van der Waals surface area contributed by atoms with E-state index >= 15 is 0 Å². The number of urea groups is 1. The molecule has 0 bridgehead atoms. The van der Waals surface area contributed by atoms with Crippen LogP contribution in [0.5, 0.6) is 0 Å². The lowest BCUT2D eigenvalue weighted by molar-refractivity contribution is -0.116. The van der Waals surface area contributed by atoms with Gasteiger partial charge in [0.15, 0.2) is 0 Å². The maximum absolute atomic E-state index is 12.0. The minimum Gasteiger partial charge on any atom is -0.338 e. The van der Waals surface area contributed by atoms with Crippen LogP contribution in [0.25, 0.3) is 0 Å². The predicted octanol–water partition coefficient (Wildman–Crippen LogP) is 4.11. The van der Waals surface area contributed by atoms with E-state index in [9.17, 15) is 9.59 Å². The van der Waals surface area contributed by atoms with Crippen molar-refractivity contribution >= 4 is 33.6 Å². The van der Waals surface area contributed by atoms with E-state index < -0.39 is 0 Å². The number of benzene rings is 1. The van der Waals surface area contributed by atoms with E-state index in [1.165, 1.54) is 19.3 Å². The van der Waals surface area contributed by atoms with E-state index in [-0.39, 0.29) is 11.9 Å². The number of anilines is 1. The van der Waals surface area contributed by atoms with Gasteiger partial charge in [0.25, 0.3) is 0 Å². The molecule has 0 aliphatic heterocycles. The Morgan fingerprint density at radius 1 is 1.21 bits per heavy atom. The number of carbonyl (C=O) groups is 2. The summed E-state index contributed by atoms with van der Waals surface area (Å²) in [5.74, 6) is -0.0325. The first kappa shape index (κ1) is 18.8. The Morgan fingerprint density at radius 3 is 2.67 bits per heavy atom. The van der Waals surface area contributed by atoms with Crippen LogP contribution >= 0.6 is 15.9 Å².